The Labute approximate surface area is 133 Å². The highest BCUT2D eigenvalue weighted by atomic mass is 127. The molecule has 0 saturated carbocycles. The van der Waals surface area contributed by atoms with Gasteiger partial charge in [0.25, 0.3) is 10.0 Å². The molecule has 0 amide bonds. The first-order chi connectivity index (χ1) is 9.31. The molecule has 0 bridgehead atoms. The van der Waals surface area contributed by atoms with E-state index in [2.05, 4.69) is 27.3 Å². The molecule has 1 N–H and O–H groups in total. The number of aryl methyl sites for hydroxylation is 3. The summed E-state index contributed by atoms with van der Waals surface area (Å²) in [7, 11) is -3.57. The van der Waals surface area contributed by atoms with E-state index in [1.807, 2.05) is 51.1 Å². The first kappa shape index (κ1) is 15.3. The van der Waals surface area contributed by atoms with E-state index in [9.17, 15) is 8.42 Å². The van der Waals surface area contributed by atoms with Gasteiger partial charge < -0.3 is 0 Å². The fourth-order valence-electron chi connectivity index (χ4n) is 2.33. The third-order valence-electron chi connectivity index (χ3n) is 2.99. The van der Waals surface area contributed by atoms with Gasteiger partial charge in [0.1, 0.15) is 0 Å². The number of benzene rings is 2. The maximum Gasteiger partial charge on any atom is 0.262 e. The summed E-state index contributed by atoms with van der Waals surface area (Å²) in [5.41, 5.74) is 3.20. The Balaban J connectivity index is 2.50. The summed E-state index contributed by atoms with van der Waals surface area (Å²) in [5, 5.41) is 0. The van der Waals surface area contributed by atoms with Crippen LogP contribution >= 0.6 is 22.6 Å². The molecule has 0 atom stereocenters. The summed E-state index contributed by atoms with van der Waals surface area (Å²) < 4.78 is 28.7. The zero-order chi connectivity index (χ0) is 14.9. The minimum absolute atomic E-state index is 0.364. The molecular weight excluding hydrogens is 385 g/mol. The monoisotopic (exact) mass is 401 g/mol. The van der Waals surface area contributed by atoms with Crippen LogP contribution in [0.15, 0.2) is 41.3 Å². The average Bonchev–Trinajstić information content (AvgIpc) is 2.30. The summed E-state index contributed by atoms with van der Waals surface area (Å²) in [6.07, 6.45) is 0. The molecule has 0 saturated heterocycles. The van der Waals surface area contributed by atoms with Crippen molar-refractivity contribution in [3.05, 3.63) is 56.7 Å². The van der Waals surface area contributed by atoms with Crippen LogP contribution in [0, 0.1) is 24.3 Å². The molecule has 2 rings (SSSR count). The van der Waals surface area contributed by atoms with Gasteiger partial charge in [-0.1, -0.05) is 29.8 Å². The molecule has 0 spiro atoms. The predicted molar refractivity (Wildman–Crippen MR) is 90.6 cm³/mol. The van der Waals surface area contributed by atoms with Crippen LogP contribution in [0.5, 0.6) is 0 Å². The Bertz CT molecular complexity index is 731. The lowest BCUT2D eigenvalue weighted by Gasteiger charge is -2.14. The fourth-order valence-corrected chi connectivity index (χ4v) is 4.57. The van der Waals surface area contributed by atoms with Gasteiger partial charge in [-0.2, -0.15) is 0 Å². The number of rotatable bonds is 3. The van der Waals surface area contributed by atoms with Crippen molar-refractivity contribution in [2.75, 3.05) is 4.72 Å². The van der Waals surface area contributed by atoms with Crippen LogP contribution in [-0.2, 0) is 10.0 Å². The predicted octanol–water partition coefficient (Wildman–Crippen LogP) is 4.02. The molecule has 5 heteroatoms. The second-order valence-corrected chi connectivity index (χ2v) is 7.59. The standard InChI is InChI=1S/C15H16INO2S/c1-10-8-11(2)15(12(3)9-10)20(18,19)17-14-7-5-4-6-13(14)16/h4-9,17H,1-3H3. The summed E-state index contributed by atoms with van der Waals surface area (Å²) in [4.78, 5) is 0.364. The molecule has 0 aliphatic carbocycles. The highest BCUT2D eigenvalue weighted by Gasteiger charge is 2.20. The van der Waals surface area contributed by atoms with Gasteiger partial charge in [0, 0.05) is 3.57 Å². The van der Waals surface area contributed by atoms with Crippen molar-refractivity contribution in [1.29, 1.82) is 0 Å². The zero-order valence-electron chi connectivity index (χ0n) is 11.6. The van der Waals surface area contributed by atoms with Crippen LogP contribution < -0.4 is 4.72 Å². The lowest BCUT2D eigenvalue weighted by atomic mass is 10.1. The molecule has 2 aromatic rings. The molecule has 106 valence electrons. The van der Waals surface area contributed by atoms with Gasteiger partial charge in [0.2, 0.25) is 0 Å². The number of para-hydroxylation sites is 1. The first-order valence-corrected chi connectivity index (χ1v) is 8.72. The molecule has 20 heavy (non-hydrogen) atoms. The number of nitrogens with one attached hydrogen (secondary N) is 1. The van der Waals surface area contributed by atoms with Crippen LogP contribution in [0.3, 0.4) is 0 Å². The van der Waals surface area contributed by atoms with Crippen molar-refractivity contribution in [3.8, 4) is 0 Å². The highest BCUT2D eigenvalue weighted by Crippen LogP contribution is 2.26. The number of sulfonamides is 1. The average molecular weight is 401 g/mol. The number of hydrogen-bond donors (Lipinski definition) is 1. The van der Waals surface area contributed by atoms with Crippen molar-refractivity contribution in [2.45, 2.75) is 25.7 Å². The smallest absolute Gasteiger partial charge is 0.262 e. The lowest BCUT2D eigenvalue weighted by molar-refractivity contribution is 0.600. The molecule has 0 unspecified atom stereocenters. The van der Waals surface area contributed by atoms with E-state index in [0.29, 0.717) is 10.6 Å². The molecule has 3 nitrogen and oxygen atoms in total. The van der Waals surface area contributed by atoms with E-state index < -0.39 is 10.0 Å². The fraction of sp³-hybridized carbons (Fsp3) is 0.200. The largest absolute Gasteiger partial charge is 0.279 e. The van der Waals surface area contributed by atoms with Crippen LogP contribution in [0.1, 0.15) is 16.7 Å². The Morgan fingerprint density at radius 1 is 1.00 bits per heavy atom. The van der Waals surface area contributed by atoms with Crippen molar-refractivity contribution >= 4 is 38.3 Å². The zero-order valence-corrected chi connectivity index (χ0v) is 14.5. The third kappa shape index (κ3) is 3.15. The summed E-state index contributed by atoms with van der Waals surface area (Å²) in [6, 6.07) is 11.1. The molecule has 0 radical (unpaired) electrons. The van der Waals surface area contributed by atoms with Crippen molar-refractivity contribution in [2.24, 2.45) is 0 Å². The van der Waals surface area contributed by atoms with Crippen LogP contribution in [-0.4, -0.2) is 8.42 Å². The lowest BCUT2D eigenvalue weighted by Crippen LogP contribution is -2.16. The Morgan fingerprint density at radius 3 is 2.10 bits per heavy atom. The molecule has 0 aliphatic heterocycles. The van der Waals surface area contributed by atoms with E-state index >= 15 is 0 Å². The van der Waals surface area contributed by atoms with Crippen molar-refractivity contribution in [1.82, 2.24) is 0 Å². The van der Waals surface area contributed by atoms with Crippen LogP contribution in [0.25, 0.3) is 0 Å². The normalized spacial score (nSPS) is 11.4. The highest BCUT2D eigenvalue weighted by molar-refractivity contribution is 14.1. The molecule has 0 aliphatic rings. The van der Waals surface area contributed by atoms with Crippen molar-refractivity contribution in [3.63, 3.8) is 0 Å². The summed E-state index contributed by atoms with van der Waals surface area (Å²) in [6.45, 7) is 5.61. The SMILES string of the molecule is Cc1cc(C)c(S(=O)(=O)Nc2ccccc2I)c(C)c1. The number of halogens is 1. The van der Waals surface area contributed by atoms with Gasteiger partial charge in [0.15, 0.2) is 0 Å². The van der Waals surface area contributed by atoms with Crippen molar-refractivity contribution < 1.29 is 8.42 Å². The van der Waals surface area contributed by atoms with Crippen LogP contribution in [0.4, 0.5) is 5.69 Å². The van der Waals surface area contributed by atoms with Gasteiger partial charge in [-0.05, 0) is 66.6 Å². The Kier molecular flexibility index (Phi) is 4.39. The maximum absolute atomic E-state index is 12.6. The quantitative estimate of drug-likeness (QED) is 0.790. The van der Waals surface area contributed by atoms with E-state index in [0.717, 1.165) is 20.3 Å². The van der Waals surface area contributed by atoms with Gasteiger partial charge in [-0.15, -0.1) is 0 Å². The summed E-state index contributed by atoms with van der Waals surface area (Å²) >= 11 is 2.12. The third-order valence-corrected chi connectivity index (χ3v) is 5.60. The number of anilines is 1. The van der Waals surface area contributed by atoms with E-state index in [1.54, 1.807) is 6.07 Å². The van der Waals surface area contributed by atoms with Gasteiger partial charge in [0.05, 0.1) is 10.6 Å². The van der Waals surface area contributed by atoms with Gasteiger partial charge in [-0.3, -0.25) is 4.72 Å². The summed E-state index contributed by atoms with van der Waals surface area (Å²) in [5.74, 6) is 0. The first-order valence-electron chi connectivity index (χ1n) is 6.16. The molecule has 0 fully saturated rings. The minimum Gasteiger partial charge on any atom is -0.279 e. The van der Waals surface area contributed by atoms with E-state index in [4.69, 9.17) is 0 Å². The topological polar surface area (TPSA) is 46.2 Å². The van der Waals surface area contributed by atoms with Crippen LogP contribution in [0.2, 0.25) is 0 Å². The maximum atomic E-state index is 12.6. The van der Waals surface area contributed by atoms with Gasteiger partial charge in [-0.25, -0.2) is 8.42 Å². The molecule has 0 heterocycles. The molecular formula is C15H16INO2S. The second kappa shape index (κ2) is 5.73. The minimum atomic E-state index is -3.57. The van der Waals surface area contributed by atoms with Gasteiger partial charge >= 0.3 is 0 Å². The van der Waals surface area contributed by atoms with E-state index in [1.165, 1.54) is 0 Å². The number of hydrogen-bond acceptors (Lipinski definition) is 2. The molecule has 2 aromatic carbocycles. The Hall–Kier alpha value is -1.08. The Morgan fingerprint density at radius 2 is 1.55 bits per heavy atom. The van der Waals surface area contributed by atoms with E-state index in [-0.39, 0.29) is 0 Å². The molecule has 0 aromatic heterocycles. The second-order valence-electron chi connectivity index (χ2n) is 4.81.